The Bertz CT molecular complexity index is 2450. The van der Waals surface area contributed by atoms with Gasteiger partial charge in [0.15, 0.2) is 0 Å². The number of aromatic amines is 1. The minimum atomic E-state index is -3.81. The van der Waals surface area contributed by atoms with Crippen LogP contribution in [0.1, 0.15) is 73.4 Å². The highest BCUT2D eigenvalue weighted by Crippen LogP contribution is 2.31. The number of aliphatic hydroxyl groups is 1. The smallest absolute Gasteiger partial charge is 0.251 e. The summed E-state index contributed by atoms with van der Waals surface area (Å²) in [4.78, 5) is 32.5. The van der Waals surface area contributed by atoms with Crippen molar-refractivity contribution >= 4 is 32.3 Å². The first-order valence-corrected chi connectivity index (χ1v) is 21.9. The van der Waals surface area contributed by atoms with E-state index in [1.807, 2.05) is 31.2 Å². The number of aromatic nitrogens is 1. The van der Waals surface area contributed by atoms with Crippen LogP contribution in [0.5, 0.6) is 11.5 Å². The van der Waals surface area contributed by atoms with Crippen molar-refractivity contribution in [3.05, 3.63) is 136 Å². The van der Waals surface area contributed by atoms with Crippen molar-refractivity contribution in [3.63, 3.8) is 0 Å². The predicted molar refractivity (Wildman–Crippen MR) is 229 cm³/mol. The Morgan fingerprint density at radius 2 is 1.69 bits per heavy atom. The van der Waals surface area contributed by atoms with E-state index in [1.165, 1.54) is 68.7 Å². The number of rotatable bonds is 14. The minimum Gasteiger partial charge on any atom is -0.506 e. The van der Waals surface area contributed by atoms with E-state index >= 15 is 0 Å². The summed E-state index contributed by atoms with van der Waals surface area (Å²) in [7, 11) is -3.81. The first-order chi connectivity index (χ1) is 28.5. The number of H-pyrrole nitrogens is 1. The molecule has 4 aromatic carbocycles. The number of pyridine rings is 1. The summed E-state index contributed by atoms with van der Waals surface area (Å²) in [5, 5.41) is 27.6. The fourth-order valence-electron chi connectivity index (χ4n) is 8.26. The highest BCUT2D eigenvalue weighted by molar-refractivity contribution is 7.91. The number of nitrogens with one attached hydrogen (secondary N) is 3. The molecule has 5 N–H and O–H groups in total. The molecule has 1 aliphatic heterocycles. The summed E-state index contributed by atoms with van der Waals surface area (Å²) in [5.74, 6) is -0.214. The molecule has 12 nitrogen and oxygen atoms in total. The second-order valence-corrected chi connectivity index (χ2v) is 17.5. The normalized spacial score (nSPS) is 16.9. The molecule has 2 aliphatic rings. The van der Waals surface area contributed by atoms with Gasteiger partial charge in [-0.1, -0.05) is 55.7 Å². The van der Waals surface area contributed by atoms with Gasteiger partial charge in [-0.25, -0.2) is 8.42 Å². The van der Waals surface area contributed by atoms with Crippen LogP contribution in [0.3, 0.4) is 0 Å². The lowest BCUT2D eigenvalue weighted by molar-refractivity contribution is -0.112. The quantitative estimate of drug-likeness (QED) is 0.0599. The largest absolute Gasteiger partial charge is 0.506 e. The second-order valence-electron chi connectivity index (χ2n) is 15.6. The maximum Gasteiger partial charge on any atom is 0.251 e. The van der Waals surface area contributed by atoms with E-state index in [-0.39, 0.29) is 45.0 Å². The van der Waals surface area contributed by atoms with Gasteiger partial charge in [0, 0.05) is 74.6 Å². The number of anilines is 1. The van der Waals surface area contributed by atoms with Gasteiger partial charge < -0.3 is 30.6 Å². The average molecular weight is 820 g/mol. The molecule has 0 spiro atoms. The Balaban J connectivity index is 0.882. The summed E-state index contributed by atoms with van der Waals surface area (Å²) in [6, 6.07) is 25.9. The molecule has 7 rings (SSSR count). The maximum atomic E-state index is 13.6. The molecule has 1 aliphatic carbocycles. The van der Waals surface area contributed by atoms with Crippen LogP contribution < -0.4 is 20.9 Å². The van der Waals surface area contributed by atoms with Crippen LogP contribution in [0, 0.1) is 6.92 Å². The van der Waals surface area contributed by atoms with Gasteiger partial charge in [-0.3, -0.25) is 19.4 Å². The van der Waals surface area contributed by atoms with Crippen molar-refractivity contribution in [1.29, 1.82) is 0 Å². The number of phenols is 1. The van der Waals surface area contributed by atoms with Crippen molar-refractivity contribution < 1.29 is 28.2 Å². The average Bonchev–Trinajstić information content (AvgIpc) is 3.25. The monoisotopic (exact) mass is 819 g/mol. The number of phenolic OH excluding ortho intramolecular Hbond substituents is 1. The number of hydrogen-bond acceptors (Lipinski definition) is 10. The fourth-order valence-corrected chi connectivity index (χ4v) is 9.56. The van der Waals surface area contributed by atoms with Gasteiger partial charge in [-0.15, -0.1) is 0 Å². The standard InChI is InChI=1S/C46H53N5O7S/c1-31-27-33(29-47-30-43(53)39-16-19-42(52)46-40(39)17-20-44(54)49-46)11-18-41(31)48-45(55)21-26-58-36-9-6-10-38(28-36)59(56,57)37-14-12-34(13-15-37)32(2)50-22-24-51(25-23-50)35-7-4-3-5-8-35/h6,9-21,26-28,32,35,43,47,52-53H,3-5,7-8,22-25,29-30H2,1-2H3,(H,48,55)(H,49,54)/t32-,43-/m0/s1. The number of benzene rings is 4. The number of amides is 1. The predicted octanol–water partition coefficient (Wildman–Crippen LogP) is 6.74. The number of nitrogens with zero attached hydrogens (tertiary/aromatic N) is 2. The second kappa shape index (κ2) is 18.7. The molecule has 1 aromatic heterocycles. The third-order valence-corrected chi connectivity index (χ3v) is 13.4. The summed E-state index contributed by atoms with van der Waals surface area (Å²) < 4.78 is 32.9. The number of fused-ring (bicyclic) bond motifs is 1. The Labute approximate surface area is 345 Å². The van der Waals surface area contributed by atoms with E-state index in [9.17, 15) is 28.2 Å². The van der Waals surface area contributed by atoms with Crippen LogP contribution in [0.4, 0.5) is 5.69 Å². The lowest BCUT2D eigenvalue weighted by Crippen LogP contribution is -2.51. The number of sulfone groups is 1. The molecular formula is C46H53N5O7S. The zero-order valence-corrected chi connectivity index (χ0v) is 34.4. The molecular weight excluding hydrogens is 767 g/mol. The number of aromatic hydroxyl groups is 1. The molecule has 1 saturated heterocycles. The van der Waals surface area contributed by atoms with Crippen molar-refractivity contribution in [1.82, 2.24) is 20.1 Å². The molecule has 2 heterocycles. The molecule has 13 heteroatoms. The van der Waals surface area contributed by atoms with E-state index in [0.717, 1.165) is 48.9 Å². The van der Waals surface area contributed by atoms with Crippen LogP contribution in [-0.4, -0.2) is 78.1 Å². The Hall–Kier alpha value is -5.31. The van der Waals surface area contributed by atoms with Crippen LogP contribution >= 0.6 is 0 Å². The molecule has 1 amide bonds. The van der Waals surface area contributed by atoms with Crippen LogP contribution in [0.15, 0.2) is 118 Å². The Kier molecular flexibility index (Phi) is 13.3. The zero-order valence-electron chi connectivity index (χ0n) is 33.6. The lowest BCUT2D eigenvalue weighted by atomic mass is 9.93. The highest BCUT2D eigenvalue weighted by Gasteiger charge is 2.28. The zero-order chi connectivity index (χ0) is 41.5. The molecule has 0 bridgehead atoms. The molecule has 1 saturated carbocycles. The fraction of sp³-hybridized carbons (Fsp3) is 0.348. The van der Waals surface area contributed by atoms with Gasteiger partial charge in [0.1, 0.15) is 11.5 Å². The van der Waals surface area contributed by atoms with E-state index in [1.54, 1.807) is 42.5 Å². The summed E-state index contributed by atoms with van der Waals surface area (Å²) >= 11 is 0. The third-order valence-electron chi connectivity index (χ3n) is 11.7. The highest BCUT2D eigenvalue weighted by atomic mass is 32.2. The number of piperazine rings is 1. The van der Waals surface area contributed by atoms with Crippen LogP contribution in [-0.2, 0) is 21.2 Å². The number of hydrogen-bond donors (Lipinski definition) is 5. The van der Waals surface area contributed by atoms with E-state index in [2.05, 4.69) is 32.3 Å². The molecule has 5 aromatic rings. The van der Waals surface area contributed by atoms with Crippen LogP contribution in [0.25, 0.3) is 10.9 Å². The molecule has 0 unspecified atom stereocenters. The number of carbonyl (C=O) groups is 1. The molecule has 2 atom stereocenters. The molecule has 59 heavy (non-hydrogen) atoms. The number of carbonyl (C=O) groups excluding carboxylic acids is 1. The van der Waals surface area contributed by atoms with Crippen LogP contribution in [0.2, 0.25) is 0 Å². The van der Waals surface area contributed by atoms with E-state index < -0.39 is 21.8 Å². The van der Waals surface area contributed by atoms with E-state index in [4.69, 9.17) is 4.74 Å². The number of ether oxygens (including phenoxy) is 1. The maximum absolute atomic E-state index is 13.6. The first kappa shape index (κ1) is 41.8. The topological polar surface area (TPSA) is 164 Å². The van der Waals surface area contributed by atoms with Gasteiger partial charge in [-0.05, 0) is 97.5 Å². The Morgan fingerprint density at radius 1 is 0.932 bits per heavy atom. The van der Waals surface area contributed by atoms with Gasteiger partial charge in [0.05, 0.1) is 27.7 Å². The van der Waals surface area contributed by atoms with E-state index in [0.29, 0.717) is 23.2 Å². The van der Waals surface area contributed by atoms with Gasteiger partial charge in [0.2, 0.25) is 15.4 Å². The SMILES string of the molecule is Cc1cc(CNC[C@H](O)c2ccc(O)c3[nH]c(=O)ccc23)ccc1NC(=O)C=COc1cccc(S(=O)(=O)c2ccc([C@H](C)N3CCN(C4CCCCC4)CC3)cc2)c1. The third kappa shape index (κ3) is 10.1. The lowest BCUT2D eigenvalue weighted by Gasteiger charge is -2.42. The van der Waals surface area contributed by atoms with Crippen molar-refractivity contribution in [2.24, 2.45) is 0 Å². The first-order valence-electron chi connectivity index (χ1n) is 20.4. The molecule has 2 fully saturated rings. The molecule has 0 radical (unpaired) electrons. The number of aryl methyl sites for hydroxylation is 1. The number of aliphatic hydroxyl groups excluding tert-OH is 1. The summed E-state index contributed by atoms with van der Waals surface area (Å²) in [5.41, 5.74) is 3.97. The Morgan fingerprint density at radius 3 is 2.44 bits per heavy atom. The van der Waals surface area contributed by atoms with Crippen molar-refractivity contribution in [2.75, 3.05) is 38.0 Å². The van der Waals surface area contributed by atoms with Gasteiger partial charge in [0.25, 0.3) is 5.91 Å². The van der Waals surface area contributed by atoms with Crippen molar-refractivity contribution in [2.45, 2.75) is 80.5 Å². The summed E-state index contributed by atoms with van der Waals surface area (Å²) in [6.45, 7) is 8.91. The molecule has 310 valence electrons. The summed E-state index contributed by atoms with van der Waals surface area (Å²) in [6.07, 6.45) is 8.25. The minimum absolute atomic E-state index is 0.0685. The van der Waals surface area contributed by atoms with Gasteiger partial charge >= 0.3 is 0 Å². The van der Waals surface area contributed by atoms with Gasteiger partial charge in [-0.2, -0.15) is 0 Å². The van der Waals surface area contributed by atoms with Crippen molar-refractivity contribution in [3.8, 4) is 11.5 Å².